The Morgan fingerprint density at radius 3 is 1.46 bits per heavy atom. The van der Waals surface area contributed by atoms with Crippen molar-refractivity contribution in [1.82, 2.24) is 19.9 Å². The minimum absolute atomic E-state index is 0.245. The molecule has 2 aromatic heterocycles. The first-order chi connectivity index (χ1) is 23.6. The first-order valence-corrected chi connectivity index (χ1v) is 15.9. The number of alkyl halides is 6. The van der Waals surface area contributed by atoms with E-state index in [1.165, 1.54) is 42.6 Å². The summed E-state index contributed by atoms with van der Waals surface area (Å²) >= 11 is 6.75. The molecule has 0 aliphatic rings. The van der Waals surface area contributed by atoms with E-state index >= 15 is 0 Å². The number of benzene rings is 4. The number of hydrogen-bond acceptors (Lipinski definition) is 6. The third-order valence-corrected chi connectivity index (χ3v) is 8.27. The minimum atomic E-state index is -4.77. The summed E-state index contributed by atoms with van der Waals surface area (Å²) in [5.41, 5.74) is 5.98. The molecule has 16 heteroatoms. The van der Waals surface area contributed by atoms with Gasteiger partial charge in [0, 0.05) is 33.7 Å². The summed E-state index contributed by atoms with van der Waals surface area (Å²) in [7, 11) is 0. The summed E-state index contributed by atoms with van der Waals surface area (Å²) in [6, 6.07) is 24.8. The van der Waals surface area contributed by atoms with Gasteiger partial charge in [-0.05, 0) is 70.8 Å². The van der Waals surface area contributed by atoms with Gasteiger partial charge in [0.25, 0.3) is 0 Å². The van der Waals surface area contributed by atoms with Crippen molar-refractivity contribution >= 4 is 31.9 Å². The highest BCUT2D eigenvalue weighted by atomic mass is 79.9. The van der Waals surface area contributed by atoms with E-state index in [1.54, 1.807) is 42.9 Å². The van der Waals surface area contributed by atoms with Crippen molar-refractivity contribution in [2.75, 3.05) is 0 Å². The molecule has 6 aromatic rings. The molecule has 0 amide bonds. The Bertz CT molecular complexity index is 1850. The summed E-state index contributed by atoms with van der Waals surface area (Å²) in [5.74, 6) is 0.0322. The number of hydrogen-bond donors (Lipinski definition) is 4. The molecular weight excluding hydrogens is 800 g/mol. The number of nitrogens with two attached hydrogens (primary N) is 1. The molecule has 0 spiro atoms. The van der Waals surface area contributed by atoms with Crippen LogP contribution in [0.3, 0.4) is 0 Å². The van der Waals surface area contributed by atoms with Crippen LogP contribution in [0, 0.1) is 0 Å². The number of aliphatic hydroxyl groups is 1. The van der Waals surface area contributed by atoms with Crippen LogP contribution < -0.4 is 15.2 Å². The molecule has 2 heterocycles. The van der Waals surface area contributed by atoms with Gasteiger partial charge in [-0.3, -0.25) is 0 Å². The highest BCUT2D eigenvalue weighted by molar-refractivity contribution is 9.10. The highest BCUT2D eigenvalue weighted by Gasteiger charge is 2.38. The molecule has 2 atom stereocenters. The molecule has 5 N–H and O–H groups in total. The average Bonchev–Trinajstić information content (AvgIpc) is 3.80. The molecule has 0 saturated carbocycles. The Morgan fingerprint density at radius 2 is 1.02 bits per heavy atom. The quantitative estimate of drug-likeness (QED) is 0.114. The summed E-state index contributed by atoms with van der Waals surface area (Å²) in [4.78, 5) is 14.2. The molecule has 50 heavy (non-hydrogen) atoms. The lowest BCUT2D eigenvalue weighted by Gasteiger charge is -2.29. The van der Waals surface area contributed by atoms with Crippen LogP contribution in [-0.4, -0.2) is 37.8 Å². The lowest BCUT2D eigenvalue weighted by Crippen LogP contribution is -2.40. The number of aromatic amines is 2. The lowest BCUT2D eigenvalue weighted by molar-refractivity contribution is -0.275. The van der Waals surface area contributed by atoms with E-state index in [4.69, 9.17) is 5.73 Å². The molecule has 0 radical (unpaired) electrons. The van der Waals surface area contributed by atoms with Gasteiger partial charge in [0.05, 0.1) is 0 Å². The van der Waals surface area contributed by atoms with E-state index in [0.29, 0.717) is 22.5 Å². The molecule has 0 aliphatic carbocycles. The smallest absolute Gasteiger partial charge is 0.406 e. The second-order valence-corrected chi connectivity index (χ2v) is 12.4. The minimum Gasteiger partial charge on any atom is -0.406 e. The van der Waals surface area contributed by atoms with Gasteiger partial charge in [-0.1, -0.05) is 80.4 Å². The number of nitrogens with one attached hydrogen (secondary N) is 2. The van der Waals surface area contributed by atoms with E-state index < -0.39 is 23.9 Å². The molecule has 0 bridgehead atoms. The Labute approximate surface area is 297 Å². The average molecular weight is 825 g/mol. The van der Waals surface area contributed by atoms with Crippen molar-refractivity contribution in [3.05, 3.63) is 165 Å². The van der Waals surface area contributed by atoms with Gasteiger partial charge in [0.1, 0.15) is 28.7 Å². The fraction of sp³-hybridized carbons (Fsp3) is 0.118. The van der Waals surface area contributed by atoms with Crippen LogP contribution in [0.15, 0.2) is 131 Å². The predicted octanol–water partition coefficient (Wildman–Crippen LogP) is 8.68. The van der Waals surface area contributed by atoms with Gasteiger partial charge in [0.15, 0.2) is 5.60 Å². The van der Waals surface area contributed by atoms with E-state index in [-0.39, 0.29) is 17.3 Å². The Kier molecular flexibility index (Phi) is 10.8. The molecular formula is C34H25Br2F6N5O3. The lowest BCUT2D eigenvalue weighted by atomic mass is 9.83. The van der Waals surface area contributed by atoms with E-state index in [0.717, 1.165) is 26.6 Å². The summed E-state index contributed by atoms with van der Waals surface area (Å²) in [6.07, 6.45) is -3.28. The van der Waals surface area contributed by atoms with Crippen LogP contribution in [0.2, 0.25) is 0 Å². The molecule has 0 aliphatic heterocycles. The van der Waals surface area contributed by atoms with Crippen molar-refractivity contribution in [2.24, 2.45) is 5.73 Å². The summed E-state index contributed by atoms with van der Waals surface area (Å²) < 4.78 is 83.3. The SMILES string of the molecule is NC(c1ccc(OC(F)(F)F)cc1)(c1cccc(Br)c1)c1ncc[nH]1.OC(c1ccc(OC(F)(F)F)cc1)(c1cccc(Br)c1)c1ncc[nH]1. The number of nitrogens with zero attached hydrogens (tertiary/aromatic N) is 2. The maximum Gasteiger partial charge on any atom is 0.573 e. The number of aromatic nitrogens is 4. The second kappa shape index (κ2) is 14.7. The van der Waals surface area contributed by atoms with Crippen molar-refractivity contribution in [3.8, 4) is 11.5 Å². The van der Waals surface area contributed by atoms with E-state index in [2.05, 4.69) is 61.3 Å². The van der Waals surface area contributed by atoms with Crippen LogP contribution in [-0.2, 0) is 11.1 Å². The first kappa shape index (κ1) is 36.6. The highest BCUT2D eigenvalue weighted by Crippen LogP contribution is 2.38. The Balaban J connectivity index is 0.000000194. The fourth-order valence-electron chi connectivity index (χ4n) is 5.09. The zero-order chi connectivity index (χ0) is 36.2. The van der Waals surface area contributed by atoms with Gasteiger partial charge in [0.2, 0.25) is 0 Å². The predicted molar refractivity (Wildman–Crippen MR) is 178 cm³/mol. The summed E-state index contributed by atoms with van der Waals surface area (Å²) in [6.45, 7) is 0. The maximum absolute atomic E-state index is 12.3. The van der Waals surface area contributed by atoms with E-state index in [1.807, 2.05) is 24.3 Å². The molecule has 0 saturated heterocycles. The molecule has 0 fully saturated rings. The number of H-pyrrole nitrogens is 2. The maximum atomic E-state index is 12.3. The fourth-order valence-corrected chi connectivity index (χ4v) is 5.89. The van der Waals surface area contributed by atoms with Gasteiger partial charge in [-0.2, -0.15) is 0 Å². The van der Waals surface area contributed by atoms with Crippen LogP contribution >= 0.6 is 31.9 Å². The number of ether oxygens (including phenoxy) is 2. The molecule has 6 rings (SSSR count). The topological polar surface area (TPSA) is 122 Å². The molecule has 2 unspecified atom stereocenters. The number of rotatable bonds is 8. The van der Waals surface area contributed by atoms with Gasteiger partial charge in [-0.25, -0.2) is 9.97 Å². The monoisotopic (exact) mass is 823 g/mol. The van der Waals surface area contributed by atoms with Gasteiger partial charge in [-0.15, -0.1) is 26.3 Å². The normalized spacial score (nSPS) is 14.1. The van der Waals surface area contributed by atoms with Crippen LogP contribution in [0.4, 0.5) is 26.3 Å². The Hall–Kier alpha value is -4.64. The largest absolute Gasteiger partial charge is 0.573 e. The number of imidazole rings is 2. The molecule has 4 aromatic carbocycles. The van der Waals surface area contributed by atoms with Crippen LogP contribution in [0.1, 0.15) is 33.9 Å². The third-order valence-electron chi connectivity index (χ3n) is 7.28. The summed E-state index contributed by atoms with van der Waals surface area (Å²) in [5, 5.41) is 11.4. The zero-order valence-corrected chi connectivity index (χ0v) is 28.5. The van der Waals surface area contributed by atoms with E-state index in [9.17, 15) is 31.4 Å². The van der Waals surface area contributed by atoms with Crippen LogP contribution in [0.5, 0.6) is 11.5 Å². The van der Waals surface area contributed by atoms with Crippen molar-refractivity contribution in [3.63, 3.8) is 0 Å². The van der Waals surface area contributed by atoms with Gasteiger partial charge < -0.3 is 30.3 Å². The van der Waals surface area contributed by atoms with Gasteiger partial charge >= 0.3 is 12.7 Å². The molecule has 8 nitrogen and oxygen atoms in total. The number of halogens is 8. The second-order valence-electron chi connectivity index (χ2n) is 10.6. The third kappa shape index (κ3) is 8.56. The molecule has 260 valence electrons. The van der Waals surface area contributed by atoms with Crippen molar-refractivity contribution < 1.29 is 40.9 Å². The van der Waals surface area contributed by atoms with Crippen LogP contribution in [0.25, 0.3) is 0 Å². The Morgan fingerprint density at radius 1 is 0.580 bits per heavy atom. The van der Waals surface area contributed by atoms with Crippen molar-refractivity contribution in [2.45, 2.75) is 23.9 Å². The standard InChI is InChI=1S/C17H13BrF3N3O.C17H12BrF3N2O2/c18-13-3-1-2-12(10-13)16(22,15-23-8-9-24-15)11-4-6-14(7-5-11)25-17(19,20)21;18-13-3-1-2-12(10-13)16(24,15-22-8-9-23-15)11-4-6-14(7-5-11)25-17(19,20)21/h1-10H,22H2,(H,23,24);1-10,24H,(H,22,23). The van der Waals surface area contributed by atoms with Crippen molar-refractivity contribution in [1.29, 1.82) is 0 Å². The first-order valence-electron chi connectivity index (χ1n) is 14.3. The zero-order valence-electron chi connectivity index (χ0n) is 25.3.